The van der Waals surface area contributed by atoms with E-state index in [-0.39, 0.29) is 12.8 Å². The van der Waals surface area contributed by atoms with Gasteiger partial charge in [-0.1, -0.05) is 68.7 Å². The lowest BCUT2D eigenvalue weighted by Crippen LogP contribution is -2.44. The van der Waals surface area contributed by atoms with Crippen molar-refractivity contribution >= 4 is 5.97 Å². The number of allylic oxidation sites excluding steroid dienone is 4. The van der Waals surface area contributed by atoms with E-state index in [0.29, 0.717) is 6.42 Å². The molecular formula is C23H34O5. The van der Waals surface area contributed by atoms with E-state index in [0.717, 1.165) is 19.3 Å². The summed E-state index contributed by atoms with van der Waals surface area (Å²) < 4.78 is 0. The summed E-state index contributed by atoms with van der Waals surface area (Å²) in [6.07, 6.45) is 14.0. The quantitative estimate of drug-likeness (QED) is 0.339. The SMILES string of the molecule is C=CCC1(C(=O)O)C=CC=CC1C1C(O)CC(O)C1C=CC(O)CCCCC. The molecule has 0 amide bonds. The van der Waals surface area contributed by atoms with Gasteiger partial charge in [0, 0.05) is 24.2 Å². The molecule has 0 aliphatic heterocycles. The third-order valence-corrected chi connectivity index (χ3v) is 6.19. The normalized spacial score (nSPS) is 36.1. The van der Waals surface area contributed by atoms with Gasteiger partial charge in [-0.25, -0.2) is 0 Å². The fourth-order valence-electron chi connectivity index (χ4n) is 4.68. The van der Waals surface area contributed by atoms with Crippen LogP contribution in [0.15, 0.2) is 49.1 Å². The molecule has 0 aromatic carbocycles. The van der Waals surface area contributed by atoms with Gasteiger partial charge in [-0.15, -0.1) is 6.58 Å². The highest BCUT2D eigenvalue weighted by Crippen LogP contribution is 2.50. The first-order valence-electron chi connectivity index (χ1n) is 10.3. The van der Waals surface area contributed by atoms with E-state index < -0.39 is 47.4 Å². The van der Waals surface area contributed by atoms with E-state index >= 15 is 0 Å². The molecule has 0 radical (unpaired) electrons. The molecule has 28 heavy (non-hydrogen) atoms. The zero-order chi connectivity index (χ0) is 20.7. The molecule has 0 aromatic heterocycles. The van der Waals surface area contributed by atoms with Crippen LogP contribution in [0.3, 0.4) is 0 Å². The van der Waals surface area contributed by atoms with Crippen molar-refractivity contribution < 1.29 is 25.2 Å². The van der Waals surface area contributed by atoms with Crippen LogP contribution in [0.2, 0.25) is 0 Å². The molecule has 7 atom stereocenters. The minimum atomic E-state index is -1.20. The summed E-state index contributed by atoms with van der Waals surface area (Å²) in [7, 11) is 0. The fourth-order valence-corrected chi connectivity index (χ4v) is 4.68. The van der Waals surface area contributed by atoms with E-state index in [1.165, 1.54) is 0 Å². The number of hydrogen-bond donors (Lipinski definition) is 4. The standard InChI is InChI=1S/C23H34O5/c1-3-5-6-9-16(24)11-12-17-19(25)15-20(26)21(17)18-10-7-8-14-23(18,13-4-2)22(27)28/h4,7-8,10-12,14,16-21,24-26H,2-3,5-6,9,13,15H2,1H3,(H,27,28). The van der Waals surface area contributed by atoms with Crippen molar-refractivity contribution in [3.05, 3.63) is 49.1 Å². The maximum Gasteiger partial charge on any atom is 0.314 e. The van der Waals surface area contributed by atoms with Gasteiger partial charge >= 0.3 is 5.97 Å². The predicted octanol–water partition coefficient (Wildman–Crippen LogP) is 3.23. The van der Waals surface area contributed by atoms with Crippen molar-refractivity contribution in [1.82, 2.24) is 0 Å². The van der Waals surface area contributed by atoms with E-state index in [9.17, 15) is 25.2 Å². The van der Waals surface area contributed by atoms with Crippen molar-refractivity contribution in [1.29, 1.82) is 0 Å². The van der Waals surface area contributed by atoms with Gasteiger partial charge in [0.15, 0.2) is 0 Å². The number of carboxylic acids is 1. The zero-order valence-corrected chi connectivity index (χ0v) is 16.7. The predicted molar refractivity (Wildman–Crippen MR) is 110 cm³/mol. The molecule has 1 saturated carbocycles. The Kier molecular flexibility index (Phi) is 8.23. The van der Waals surface area contributed by atoms with E-state index in [1.54, 1.807) is 36.5 Å². The number of unbranched alkanes of at least 4 members (excludes halogenated alkanes) is 2. The number of aliphatic hydroxyl groups is 3. The lowest BCUT2D eigenvalue weighted by molar-refractivity contribution is -0.150. The molecule has 2 rings (SSSR count). The molecule has 0 spiro atoms. The van der Waals surface area contributed by atoms with Crippen molar-refractivity contribution in [3.63, 3.8) is 0 Å². The monoisotopic (exact) mass is 390 g/mol. The van der Waals surface area contributed by atoms with Gasteiger partial charge in [0.25, 0.3) is 0 Å². The van der Waals surface area contributed by atoms with E-state index in [1.807, 2.05) is 6.08 Å². The van der Waals surface area contributed by atoms with Crippen molar-refractivity contribution in [3.8, 4) is 0 Å². The Morgan fingerprint density at radius 3 is 2.68 bits per heavy atom. The van der Waals surface area contributed by atoms with Crippen LogP contribution in [0, 0.1) is 23.2 Å². The van der Waals surface area contributed by atoms with Crippen LogP contribution in [-0.4, -0.2) is 44.7 Å². The smallest absolute Gasteiger partial charge is 0.314 e. The topological polar surface area (TPSA) is 98.0 Å². The summed E-state index contributed by atoms with van der Waals surface area (Å²) in [5, 5.41) is 41.4. The van der Waals surface area contributed by atoms with E-state index in [4.69, 9.17) is 0 Å². The highest BCUT2D eigenvalue weighted by Gasteiger charge is 2.53. The van der Waals surface area contributed by atoms with Crippen molar-refractivity contribution in [2.24, 2.45) is 23.2 Å². The number of aliphatic carboxylic acids is 1. The van der Waals surface area contributed by atoms with E-state index in [2.05, 4.69) is 13.5 Å². The Morgan fingerprint density at radius 2 is 2.04 bits per heavy atom. The summed E-state index contributed by atoms with van der Waals surface area (Å²) in [5.41, 5.74) is -1.20. The molecular weight excluding hydrogens is 356 g/mol. The van der Waals surface area contributed by atoms with Crippen LogP contribution in [0.5, 0.6) is 0 Å². The highest BCUT2D eigenvalue weighted by atomic mass is 16.4. The number of carbonyl (C=O) groups is 1. The molecule has 4 N–H and O–H groups in total. The summed E-state index contributed by atoms with van der Waals surface area (Å²) in [6, 6.07) is 0. The summed E-state index contributed by atoms with van der Waals surface area (Å²) in [5.74, 6) is -2.31. The molecule has 0 saturated heterocycles. The Morgan fingerprint density at radius 1 is 1.29 bits per heavy atom. The Hall–Kier alpha value is -1.69. The Bertz CT molecular complexity index is 622. The van der Waals surface area contributed by atoms with Gasteiger partial charge in [-0.3, -0.25) is 4.79 Å². The van der Waals surface area contributed by atoms with Crippen LogP contribution in [0.1, 0.15) is 45.4 Å². The fraction of sp³-hybridized carbons (Fsp3) is 0.609. The second-order valence-corrected chi connectivity index (χ2v) is 8.08. The average Bonchev–Trinajstić information content (AvgIpc) is 2.93. The van der Waals surface area contributed by atoms with Gasteiger partial charge in [-0.2, -0.15) is 0 Å². The molecule has 5 heteroatoms. The second-order valence-electron chi connectivity index (χ2n) is 8.08. The molecule has 0 heterocycles. The first kappa shape index (κ1) is 22.6. The Labute approximate surface area is 167 Å². The average molecular weight is 391 g/mol. The molecule has 0 bridgehead atoms. The largest absolute Gasteiger partial charge is 0.481 e. The minimum Gasteiger partial charge on any atom is -0.481 e. The summed E-state index contributed by atoms with van der Waals surface area (Å²) in [6.45, 7) is 5.82. The van der Waals surface area contributed by atoms with Gasteiger partial charge < -0.3 is 20.4 Å². The first-order chi connectivity index (χ1) is 13.4. The van der Waals surface area contributed by atoms with Crippen molar-refractivity contribution in [2.75, 3.05) is 0 Å². The number of aliphatic hydroxyl groups excluding tert-OH is 3. The molecule has 0 aromatic rings. The first-order valence-corrected chi connectivity index (χ1v) is 10.3. The number of carboxylic acid groups (broad SMARTS) is 1. The van der Waals surface area contributed by atoms with Crippen LogP contribution >= 0.6 is 0 Å². The van der Waals surface area contributed by atoms with Crippen LogP contribution in [-0.2, 0) is 4.79 Å². The third-order valence-electron chi connectivity index (χ3n) is 6.19. The molecule has 7 unspecified atom stereocenters. The van der Waals surface area contributed by atoms with Crippen LogP contribution in [0.4, 0.5) is 0 Å². The highest BCUT2D eigenvalue weighted by molar-refractivity contribution is 5.79. The lowest BCUT2D eigenvalue weighted by atomic mass is 9.62. The zero-order valence-electron chi connectivity index (χ0n) is 16.7. The van der Waals surface area contributed by atoms with Crippen LogP contribution in [0.25, 0.3) is 0 Å². The number of hydrogen-bond acceptors (Lipinski definition) is 4. The minimum absolute atomic E-state index is 0.198. The van der Waals surface area contributed by atoms with Gasteiger partial charge in [0.2, 0.25) is 0 Å². The Balaban J connectivity index is 2.27. The summed E-state index contributed by atoms with van der Waals surface area (Å²) >= 11 is 0. The molecule has 156 valence electrons. The maximum absolute atomic E-state index is 12.2. The van der Waals surface area contributed by atoms with Crippen LogP contribution < -0.4 is 0 Å². The molecule has 2 aliphatic carbocycles. The number of rotatable bonds is 10. The lowest BCUT2D eigenvalue weighted by Gasteiger charge is -2.40. The third kappa shape index (κ3) is 4.83. The van der Waals surface area contributed by atoms with Gasteiger partial charge in [0.1, 0.15) is 0 Å². The van der Waals surface area contributed by atoms with Gasteiger partial charge in [-0.05, 0) is 12.8 Å². The maximum atomic E-state index is 12.2. The van der Waals surface area contributed by atoms with Crippen molar-refractivity contribution in [2.45, 2.75) is 63.8 Å². The molecule has 1 fully saturated rings. The molecule has 2 aliphatic rings. The summed E-state index contributed by atoms with van der Waals surface area (Å²) in [4.78, 5) is 12.2. The van der Waals surface area contributed by atoms with Gasteiger partial charge in [0.05, 0.1) is 23.7 Å². The molecule has 5 nitrogen and oxygen atoms in total. The second kappa shape index (κ2) is 10.2.